The minimum absolute atomic E-state index is 0.0602. The summed E-state index contributed by atoms with van der Waals surface area (Å²) in [5, 5.41) is 0. The highest BCUT2D eigenvalue weighted by Gasteiger charge is 2.24. The van der Waals surface area contributed by atoms with Crippen molar-refractivity contribution in [2.75, 3.05) is 11.8 Å². The molecule has 0 atom stereocenters. The molecule has 0 aliphatic rings. The van der Waals surface area contributed by atoms with Gasteiger partial charge in [-0.3, -0.25) is 14.4 Å². The molecule has 0 radical (unpaired) electrons. The van der Waals surface area contributed by atoms with Gasteiger partial charge in [0.25, 0.3) is 0 Å². The van der Waals surface area contributed by atoms with Gasteiger partial charge in [-0.25, -0.2) is 0 Å². The molecule has 0 heterocycles. The van der Waals surface area contributed by atoms with Gasteiger partial charge in [-0.05, 0) is 0 Å². The Labute approximate surface area is 137 Å². The van der Waals surface area contributed by atoms with Crippen LogP contribution in [-0.4, -0.2) is 29.1 Å². The van der Waals surface area contributed by atoms with E-state index in [2.05, 4.69) is 0 Å². The first-order valence-corrected chi connectivity index (χ1v) is 7.58. The number of benzene rings is 2. The normalized spacial score (nSPS) is 10.3. The summed E-state index contributed by atoms with van der Waals surface area (Å²) in [6.45, 7) is 0. The van der Waals surface area contributed by atoms with Crippen molar-refractivity contribution >= 4 is 40.6 Å². The van der Waals surface area contributed by atoms with E-state index in [-0.39, 0.29) is 28.5 Å². The summed E-state index contributed by atoms with van der Waals surface area (Å²) in [5.41, 5.74) is 0.727. The Bertz CT molecular complexity index is 690. The molecule has 22 heavy (non-hydrogen) atoms. The number of ketones is 3. The van der Waals surface area contributed by atoms with Gasteiger partial charge in [-0.15, -0.1) is 23.2 Å². The molecule has 0 aliphatic carbocycles. The molecule has 0 unspecified atom stereocenters. The molecule has 5 heteroatoms. The highest BCUT2D eigenvalue weighted by molar-refractivity contribution is 6.34. The van der Waals surface area contributed by atoms with Crippen LogP contribution in [-0.2, 0) is 0 Å². The van der Waals surface area contributed by atoms with Gasteiger partial charge in [-0.2, -0.15) is 0 Å². The third kappa shape index (κ3) is 3.26. The minimum Gasteiger partial charge on any atom is -0.293 e. The van der Waals surface area contributed by atoms with Gasteiger partial charge in [-0.1, -0.05) is 48.5 Å². The lowest BCUT2D eigenvalue weighted by Crippen LogP contribution is -2.17. The zero-order chi connectivity index (χ0) is 16.1. The quantitative estimate of drug-likeness (QED) is 0.597. The van der Waals surface area contributed by atoms with Crippen LogP contribution in [0.4, 0.5) is 0 Å². The fourth-order valence-corrected chi connectivity index (χ4v) is 2.43. The molecule has 112 valence electrons. The SMILES string of the molecule is O=C(CCl)c1cccc(C(=O)CCl)c1C(=O)c1ccccc1. The van der Waals surface area contributed by atoms with Gasteiger partial charge in [0.2, 0.25) is 0 Å². The molecule has 0 aromatic heterocycles. The van der Waals surface area contributed by atoms with E-state index >= 15 is 0 Å². The fourth-order valence-electron chi connectivity index (χ4n) is 2.14. The molecule has 0 N–H and O–H groups in total. The average Bonchev–Trinajstić information content (AvgIpc) is 2.59. The Morgan fingerprint density at radius 2 is 1.23 bits per heavy atom. The van der Waals surface area contributed by atoms with E-state index in [1.165, 1.54) is 12.1 Å². The lowest BCUT2D eigenvalue weighted by Gasteiger charge is -2.11. The molecular formula is C17H12Cl2O3. The molecule has 2 aromatic rings. The van der Waals surface area contributed by atoms with Crippen LogP contribution in [0.25, 0.3) is 0 Å². The third-order valence-electron chi connectivity index (χ3n) is 3.17. The molecular weight excluding hydrogens is 323 g/mol. The lowest BCUT2D eigenvalue weighted by molar-refractivity contribution is 0.0980. The topological polar surface area (TPSA) is 51.2 Å². The van der Waals surface area contributed by atoms with E-state index in [0.29, 0.717) is 5.56 Å². The molecule has 0 spiro atoms. The highest BCUT2D eigenvalue weighted by Crippen LogP contribution is 2.21. The second kappa shape index (κ2) is 7.34. The predicted octanol–water partition coefficient (Wildman–Crippen LogP) is 3.76. The first-order valence-electron chi connectivity index (χ1n) is 6.51. The van der Waals surface area contributed by atoms with Crippen molar-refractivity contribution in [1.82, 2.24) is 0 Å². The van der Waals surface area contributed by atoms with Gasteiger partial charge in [0, 0.05) is 22.3 Å². The van der Waals surface area contributed by atoms with Crippen LogP contribution in [0.5, 0.6) is 0 Å². The number of hydrogen-bond acceptors (Lipinski definition) is 3. The zero-order valence-electron chi connectivity index (χ0n) is 11.5. The number of alkyl halides is 2. The zero-order valence-corrected chi connectivity index (χ0v) is 13.0. The van der Waals surface area contributed by atoms with Gasteiger partial charge in [0.05, 0.1) is 11.8 Å². The van der Waals surface area contributed by atoms with Crippen molar-refractivity contribution in [2.24, 2.45) is 0 Å². The Hall–Kier alpha value is -1.97. The maximum absolute atomic E-state index is 12.7. The van der Waals surface area contributed by atoms with Crippen LogP contribution in [0.2, 0.25) is 0 Å². The molecule has 0 saturated heterocycles. The first kappa shape index (κ1) is 16.4. The van der Waals surface area contributed by atoms with Crippen molar-refractivity contribution in [3.63, 3.8) is 0 Å². The molecule has 0 amide bonds. The average molecular weight is 335 g/mol. The molecule has 0 aliphatic heterocycles. The van der Waals surface area contributed by atoms with Crippen LogP contribution < -0.4 is 0 Å². The monoisotopic (exact) mass is 334 g/mol. The first-order chi connectivity index (χ1) is 10.6. The van der Waals surface area contributed by atoms with Crippen LogP contribution >= 0.6 is 23.2 Å². The van der Waals surface area contributed by atoms with E-state index in [4.69, 9.17) is 23.2 Å². The molecule has 0 fully saturated rings. The smallest absolute Gasteiger partial charge is 0.194 e. The van der Waals surface area contributed by atoms with Crippen LogP contribution in [0.3, 0.4) is 0 Å². The number of hydrogen-bond donors (Lipinski definition) is 0. The molecule has 0 saturated carbocycles. The van der Waals surface area contributed by atoms with Crippen LogP contribution in [0, 0.1) is 0 Å². The Morgan fingerprint density at radius 3 is 1.68 bits per heavy atom. The van der Waals surface area contributed by atoms with Crippen molar-refractivity contribution in [3.8, 4) is 0 Å². The summed E-state index contributed by atoms with van der Waals surface area (Å²) >= 11 is 11.2. The summed E-state index contributed by atoms with van der Waals surface area (Å²) in [7, 11) is 0. The van der Waals surface area contributed by atoms with Gasteiger partial charge >= 0.3 is 0 Å². The number of carbonyl (C=O) groups is 3. The largest absolute Gasteiger partial charge is 0.293 e. The van der Waals surface area contributed by atoms with E-state index in [1.54, 1.807) is 36.4 Å². The van der Waals surface area contributed by atoms with E-state index in [1.807, 2.05) is 0 Å². The summed E-state index contributed by atoms with van der Waals surface area (Å²) in [5.74, 6) is -1.76. The Balaban J connectivity index is 2.67. The highest BCUT2D eigenvalue weighted by atomic mass is 35.5. The summed E-state index contributed by atoms with van der Waals surface area (Å²) in [6.07, 6.45) is 0. The van der Waals surface area contributed by atoms with Gasteiger partial charge in [0.1, 0.15) is 0 Å². The van der Waals surface area contributed by atoms with Crippen LogP contribution in [0.1, 0.15) is 36.6 Å². The van der Waals surface area contributed by atoms with E-state index in [9.17, 15) is 14.4 Å². The van der Waals surface area contributed by atoms with Gasteiger partial charge < -0.3 is 0 Å². The van der Waals surface area contributed by atoms with Gasteiger partial charge in [0.15, 0.2) is 17.3 Å². The fraction of sp³-hybridized carbons (Fsp3) is 0.118. The Kier molecular flexibility index (Phi) is 5.47. The Morgan fingerprint density at radius 1 is 0.727 bits per heavy atom. The number of rotatable bonds is 6. The third-order valence-corrected chi connectivity index (χ3v) is 3.66. The maximum Gasteiger partial charge on any atom is 0.194 e. The molecule has 2 rings (SSSR count). The second-order valence-electron chi connectivity index (χ2n) is 4.54. The van der Waals surface area contributed by atoms with Crippen LogP contribution in [0.15, 0.2) is 48.5 Å². The molecule has 2 aromatic carbocycles. The van der Waals surface area contributed by atoms with E-state index < -0.39 is 17.3 Å². The number of Topliss-reactive ketones (excluding diaryl/α,β-unsaturated/α-hetero) is 2. The van der Waals surface area contributed by atoms with E-state index in [0.717, 1.165) is 0 Å². The second-order valence-corrected chi connectivity index (χ2v) is 5.07. The van der Waals surface area contributed by atoms with Crippen molar-refractivity contribution in [2.45, 2.75) is 0 Å². The standard InChI is InChI=1S/C17H12Cl2O3/c18-9-14(20)12-7-4-8-13(15(21)10-19)16(12)17(22)11-5-2-1-3-6-11/h1-8H,9-10H2. The molecule has 3 nitrogen and oxygen atoms in total. The summed E-state index contributed by atoms with van der Waals surface area (Å²) in [6, 6.07) is 13.0. The van der Waals surface area contributed by atoms with Crippen molar-refractivity contribution in [3.05, 3.63) is 70.8 Å². The summed E-state index contributed by atoms with van der Waals surface area (Å²) < 4.78 is 0. The summed E-state index contributed by atoms with van der Waals surface area (Å²) in [4.78, 5) is 36.7. The number of carbonyl (C=O) groups excluding carboxylic acids is 3. The van der Waals surface area contributed by atoms with Crippen molar-refractivity contribution < 1.29 is 14.4 Å². The lowest BCUT2D eigenvalue weighted by atomic mass is 9.90. The van der Waals surface area contributed by atoms with Crippen molar-refractivity contribution in [1.29, 1.82) is 0 Å². The maximum atomic E-state index is 12.7. The minimum atomic E-state index is -0.412. The number of halogens is 2. The molecule has 0 bridgehead atoms. The predicted molar refractivity (Wildman–Crippen MR) is 86.4 cm³/mol.